The molecule has 2 N–H and O–H groups in total. The van der Waals surface area contributed by atoms with Crippen LogP contribution in [0.15, 0.2) is 0 Å². The third-order valence-corrected chi connectivity index (χ3v) is 3.11. The topological polar surface area (TPSA) is 41.1 Å². The molecule has 0 unspecified atom stereocenters. The van der Waals surface area contributed by atoms with E-state index in [0.717, 1.165) is 13.1 Å². The SMILES string of the molecule is CC(C)CNC(=O)CNCC1(C)CCC1. The molecule has 1 aliphatic carbocycles. The Morgan fingerprint density at radius 2 is 2.07 bits per heavy atom. The van der Waals surface area contributed by atoms with E-state index in [2.05, 4.69) is 31.4 Å². The van der Waals surface area contributed by atoms with Gasteiger partial charge in [-0.05, 0) is 24.2 Å². The first-order valence-electron chi connectivity index (χ1n) is 5.99. The van der Waals surface area contributed by atoms with Crippen molar-refractivity contribution >= 4 is 5.91 Å². The third kappa shape index (κ3) is 4.65. The molecule has 1 rings (SSSR count). The van der Waals surface area contributed by atoms with Gasteiger partial charge < -0.3 is 10.6 Å². The maximum absolute atomic E-state index is 11.4. The molecule has 3 heteroatoms. The zero-order chi connectivity index (χ0) is 11.3. The second-order valence-electron chi connectivity index (χ2n) is 5.47. The Bertz CT molecular complexity index is 210. The van der Waals surface area contributed by atoms with Gasteiger partial charge >= 0.3 is 0 Å². The van der Waals surface area contributed by atoms with Gasteiger partial charge in [0.2, 0.25) is 5.91 Å². The van der Waals surface area contributed by atoms with Crippen molar-refractivity contribution in [1.29, 1.82) is 0 Å². The Labute approximate surface area is 93.0 Å². The summed E-state index contributed by atoms with van der Waals surface area (Å²) in [6.07, 6.45) is 3.94. The molecule has 1 saturated carbocycles. The highest BCUT2D eigenvalue weighted by atomic mass is 16.1. The summed E-state index contributed by atoms with van der Waals surface area (Å²) in [6.45, 7) is 8.70. The molecule has 0 radical (unpaired) electrons. The fraction of sp³-hybridized carbons (Fsp3) is 0.917. The van der Waals surface area contributed by atoms with E-state index in [-0.39, 0.29) is 5.91 Å². The molecule has 0 saturated heterocycles. The molecule has 0 aliphatic heterocycles. The number of carbonyl (C=O) groups excluding carboxylic acids is 1. The van der Waals surface area contributed by atoms with Crippen molar-refractivity contribution in [2.24, 2.45) is 11.3 Å². The third-order valence-electron chi connectivity index (χ3n) is 3.11. The van der Waals surface area contributed by atoms with Gasteiger partial charge in [0.15, 0.2) is 0 Å². The van der Waals surface area contributed by atoms with Gasteiger partial charge in [0, 0.05) is 13.1 Å². The van der Waals surface area contributed by atoms with Crippen molar-refractivity contribution in [1.82, 2.24) is 10.6 Å². The monoisotopic (exact) mass is 212 g/mol. The largest absolute Gasteiger partial charge is 0.355 e. The van der Waals surface area contributed by atoms with E-state index in [0.29, 0.717) is 17.9 Å². The van der Waals surface area contributed by atoms with Crippen LogP contribution in [0.4, 0.5) is 0 Å². The fourth-order valence-corrected chi connectivity index (χ4v) is 1.82. The summed E-state index contributed by atoms with van der Waals surface area (Å²) in [5.41, 5.74) is 0.457. The molecular formula is C12H24N2O. The molecule has 0 heterocycles. The quantitative estimate of drug-likeness (QED) is 0.701. The first-order valence-corrected chi connectivity index (χ1v) is 5.99. The Morgan fingerprint density at radius 1 is 1.40 bits per heavy atom. The molecule has 0 aromatic heterocycles. The highest BCUT2D eigenvalue weighted by molar-refractivity contribution is 5.77. The number of hydrogen-bond acceptors (Lipinski definition) is 2. The predicted molar refractivity (Wildman–Crippen MR) is 62.7 cm³/mol. The fourth-order valence-electron chi connectivity index (χ4n) is 1.82. The lowest BCUT2D eigenvalue weighted by atomic mass is 9.70. The van der Waals surface area contributed by atoms with Gasteiger partial charge in [-0.15, -0.1) is 0 Å². The van der Waals surface area contributed by atoms with Crippen LogP contribution in [0.2, 0.25) is 0 Å². The molecule has 1 fully saturated rings. The summed E-state index contributed by atoms with van der Waals surface area (Å²) in [4.78, 5) is 11.4. The number of rotatable bonds is 6. The highest BCUT2D eigenvalue weighted by Gasteiger charge is 2.30. The van der Waals surface area contributed by atoms with Crippen LogP contribution in [0.1, 0.15) is 40.0 Å². The average Bonchev–Trinajstić information content (AvgIpc) is 2.12. The van der Waals surface area contributed by atoms with E-state index in [9.17, 15) is 4.79 Å². The minimum atomic E-state index is 0.117. The smallest absolute Gasteiger partial charge is 0.233 e. The number of hydrogen-bond donors (Lipinski definition) is 2. The van der Waals surface area contributed by atoms with Gasteiger partial charge in [0.1, 0.15) is 0 Å². The van der Waals surface area contributed by atoms with E-state index in [4.69, 9.17) is 0 Å². The second-order valence-corrected chi connectivity index (χ2v) is 5.47. The van der Waals surface area contributed by atoms with Gasteiger partial charge in [0.05, 0.1) is 6.54 Å². The van der Waals surface area contributed by atoms with Crippen LogP contribution < -0.4 is 10.6 Å². The summed E-state index contributed by atoms with van der Waals surface area (Å²) in [5.74, 6) is 0.643. The molecule has 0 atom stereocenters. The van der Waals surface area contributed by atoms with E-state index < -0.39 is 0 Å². The summed E-state index contributed by atoms with van der Waals surface area (Å²) < 4.78 is 0. The normalized spacial score (nSPS) is 18.7. The Balaban J connectivity index is 2.01. The molecular weight excluding hydrogens is 188 g/mol. The minimum absolute atomic E-state index is 0.117. The lowest BCUT2D eigenvalue weighted by Crippen LogP contribution is -2.42. The van der Waals surface area contributed by atoms with Crippen LogP contribution in [0.25, 0.3) is 0 Å². The molecule has 15 heavy (non-hydrogen) atoms. The summed E-state index contributed by atoms with van der Waals surface area (Å²) in [6, 6.07) is 0. The van der Waals surface area contributed by atoms with Crippen LogP contribution in [-0.4, -0.2) is 25.5 Å². The lowest BCUT2D eigenvalue weighted by Gasteiger charge is -2.38. The van der Waals surface area contributed by atoms with Crippen LogP contribution in [0, 0.1) is 11.3 Å². The van der Waals surface area contributed by atoms with E-state index in [1.54, 1.807) is 0 Å². The second kappa shape index (κ2) is 5.50. The van der Waals surface area contributed by atoms with Gasteiger partial charge in [-0.3, -0.25) is 4.79 Å². The highest BCUT2D eigenvalue weighted by Crippen LogP contribution is 2.39. The molecule has 0 spiro atoms. The molecule has 1 aliphatic rings. The Kier molecular flexibility index (Phi) is 4.58. The number of amides is 1. The molecule has 3 nitrogen and oxygen atoms in total. The molecule has 0 aromatic carbocycles. The van der Waals surface area contributed by atoms with Gasteiger partial charge in [-0.1, -0.05) is 27.2 Å². The van der Waals surface area contributed by atoms with Crippen LogP contribution in [0.5, 0.6) is 0 Å². The minimum Gasteiger partial charge on any atom is -0.355 e. The zero-order valence-corrected chi connectivity index (χ0v) is 10.2. The van der Waals surface area contributed by atoms with Gasteiger partial charge in [-0.2, -0.15) is 0 Å². The van der Waals surface area contributed by atoms with Crippen LogP contribution in [-0.2, 0) is 4.79 Å². The van der Waals surface area contributed by atoms with Gasteiger partial charge in [0.25, 0.3) is 0 Å². The van der Waals surface area contributed by atoms with Crippen LogP contribution >= 0.6 is 0 Å². The standard InChI is InChI=1S/C12H24N2O/c1-10(2)7-14-11(15)8-13-9-12(3)5-4-6-12/h10,13H,4-9H2,1-3H3,(H,14,15). The van der Waals surface area contributed by atoms with E-state index in [1.165, 1.54) is 19.3 Å². The maximum Gasteiger partial charge on any atom is 0.233 e. The molecule has 0 bridgehead atoms. The number of nitrogens with one attached hydrogen (secondary N) is 2. The first kappa shape index (κ1) is 12.5. The first-order chi connectivity index (χ1) is 7.02. The van der Waals surface area contributed by atoms with Crippen molar-refractivity contribution in [2.75, 3.05) is 19.6 Å². The van der Waals surface area contributed by atoms with E-state index in [1.807, 2.05) is 0 Å². The molecule has 1 amide bonds. The summed E-state index contributed by atoms with van der Waals surface area (Å²) >= 11 is 0. The van der Waals surface area contributed by atoms with Crippen molar-refractivity contribution in [3.05, 3.63) is 0 Å². The van der Waals surface area contributed by atoms with Crippen molar-refractivity contribution in [2.45, 2.75) is 40.0 Å². The predicted octanol–water partition coefficient (Wildman–Crippen LogP) is 1.54. The van der Waals surface area contributed by atoms with Crippen molar-refractivity contribution in [3.8, 4) is 0 Å². The molecule has 88 valence electrons. The summed E-state index contributed by atoms with van der Waals surface area (Å²) in [7, 11) is 0. The van der Waals surface area contributed by atoms with Gasteiger partial charge in [-0.25, -0.2) is 0 Å². The Morgan fingerprint density at radius 3 is 2.53 bits per heavy atom. The molecule has 0 aromatic rings. The average molecular weight is 212 g/mol. The maximum atomic E-state index is 11.4. The Hall–Kier alpha value is -0.570. The zero-order valence-electron chi connectivity index (χ0n) is 10.2. The van der Waals surface area contributed by atoms with E-state index >= 15 is 0 Å². The summed E-state index contributed by atoms with van der Waals surface area (Å²) in [5, 5.41) is 6.14. The van der Waals surface area contributed by atoms with Crippen LogP contribution in [0.3, 0.4) is 0 Å². The van der Waals surface area contributed by atoms with Crippen molar-refractivity contribution in [3.63, 3.8) is 0 Å². The number of carbonyl (C=O) groups is 1. The lowest BCUT2D eigenvalue weighted by molar-refractivity contribution is -0.120. The van der Waals surface area contributed by atoms with Crippen molar-refractivity contribution < 1.29 is 4.79 Å².